The molecule has 0 fully saturated rings. The summed E-state index contributed by atoms with van der Waals surface area (Å²) in [5.41, 5.74) is 18.0. The third-order valence-electron chi connectivity index (χ3n) is 13.5. The van der Waals surface area contributed by atoms with Crippen molar-refractivity contribution >= 4 is 48.9 Å². The first-order valence-electron chi connectivity index (χ1n) is 21.9. The lowest BCUT2D eigenvalue weighted by molar-refractivity contribution is 0.507. The molecular formula is C59H57N. The normalized spacial score (nSPS) is 12.7. The van der Waals surface area contributed by atoms with Gasteiger partial charge in [0.05, 0.1) is 0 Å². The fraction of sp³-hybridized carbons (Fsp3) is 0.220. The minimum atomic E-state index is 0.0435. The van der Waals surface area contributed by atoms with Crippen molar-refractivity contribution in [1.82, 2.24) is 4.57 Å². The Morgan fingerprint density at radius 1 is 0.467 bits per heavy atom. The van der Waals surface area contributed by atoms with Crippen molar-refractivity contribution in [2.75, 3.05) is 0 Å². The first-order chi connectivity index (χ1) is 28.9. The summed E-state index contributed by atoms with van der Waals surface area (Å²) in [4.78, 5) is 0. The standard InChI is InChI=1S/C59H57N/c1-10-38(4)44-26-30-48-52(34-44)56(42-22-18-40(19-23-42)39-16-14-13-15-17-39)49-31-28-47(59(8,9)11-2)37-53(49)57(48)43-24-20-41(21-25-43)45-27-32-54-50(35-45)51-36-46(58(5,6)7)29-33-55(51)60(54)12-3/h10,13-37H,11-12H2,1-9H3/b38-10+. The first kappa shape index (κ1) is 39.3. The highest BCUT2D eigenvalue weighted by Gasteiger charge is 2.23. The van der Waals surface area contributed by atoms with Gasteiger partial charge in [0.25, 0.3) is 0 Å². The van der Waals surface area contributed by atoms with E-state index in [4.69, 9.17) is 0 Å². The summed E-state index contributed by atoms with van der Waals surface area (Å²) in [6, 6.07) is 57.8. The highest BCUT2D eigenvalue weighted by atomic mass is 15.0. The molecule has 0 atom stereocenters. The van der Waals surface area contributed by atoms with Crippen LogP contribution in [-0.4, -0.2) is 4.57 Å². The number of rotatable bonds is 8. The van der Waals surface area contributed by atoms with Crippen LogP contribution in [0.3, 0.4) is 0 Å². The summed E-state index contributed by atoms with van der Waals surface area (Å²) in [6.45, 7) is 21.5. The molecule has 0 aliphatic rings. The summed E-state index contributed by atoms with van der Waals surface area (Å²) in [6.07, 6.45) is 3.28. The molecule has 1 heteroatoms. The van der Waals surface area contributed by atoms with Crippen LogP contribution in [0.25, 0.3) is 93.4 Å². The van der Waals surface area contributed by atoms with Gasteiger partial charge in [0.2, 0.25) is 0 Å². The van der Waals surface area contributed by atoms with Gasteiger partial charge in [-0.2, -0.15) is 0 Å². The van der Waals surface area contributed by atoms with Crippen LogP contribution in [0.2, 0.25) is 0 Å². The number of aryl methyl sites for hydroxylation is 1. The molecule has 8 aromatic carbocycles. The monoisotopic (exact) mass is 779 g/mol. The van der Waals surface area contributed by atoms with Crippen LogP contribution in [0.4, 0.5) is 0 Å². The van der Waals surface area contributed by atoms with Gasteiger partial charge >= 0.3 is 0 Å². The smallest absolute Gasteiger partial charge is 0.0491 e. The third kappa shape index (κ3) is 6.75. The average Bonchev–Trinajstić information content (AvgIpc) is 3.60. The number of nitrogens with zero attached hydrogens (tertiary/aromatic N) is 1. The predicted octanol–water partition coefficient (Wildman–Crippen LogP) is 17.2. The number of aromatic nitrogens is 1. The zero-order chi connectivity index (χ0) is 41.9. The zero-order valence-corrected chi connectivity index (χ0v) is 36.9. The van der Waals surface area contributed by atoms with Crippen molar-refractivity contribution in [3.05, 3.63) is 174 Å². The second kappa shape index (κ2) is 15.1. The van der Waals surface area contributed by atoms with Crippen LogP contribution in [0, 0.1) is 0 Å². The van der Waals surface area contributed by atoms with Gasteiger partial charge in [0.15, 0.2) is 0 Å². The van der Waals surface area contributed by atoms with Crippen LogP contribution in [0.15, 0.2) is 158 Å². The summed E-state index contributed by atoms with van der Waals surface area (Å²) in [7, 11) is 0. The fourth-order valence-corrected chi connectivity index (χ4v) is 9.27. The van der Waals surface area contributed by atoms with E-state index in [0.29, 0.717) is 0 Å². The molecule has 9 rings (SSSR count). The number of benzene rings is 8. The second-order valence-electron chi connectivity index (χ2n) is 18.5. The molecule has 0 amide bonds. The van der Waals surface area contributed by atoms with Crippen LogP contribution in [-0.2, 0) is 17.4 Å². The van der Waals surface area contributed by atoms with E-state index in [1.807, 2.05) is 0 Å². The summed E-state index contributed by atoms with van der Waals surface area (Å²) >= 11 is 0. The number of fused-ring (bicyclic) bond motifs is 5. The van der Waals surface area contributed by atoms with E-state index >= 15 is 0 Å². The van der Waals surface area contributed by atoms with E-state index in [1.165, 1.54) is 110 Å². The van der Waals surface area contributed by atoms with Gasteiger partial charge in [0, 0.05) is 28.4 Å². The fourth-order valence-electron chi connectivity index (χ4n) is 9.27. The minimum Gasteiger partial charge on any atom is -0.341 e. The van der Waals surface area contributed by atoms with E-state index < -0.39 is 0 Å². The van der Waals surface area contributed by atoms with Crippen molar-refractivity contribution in [2.45, 2.75) is 86.1 Å². The molecule has 1 aromatic heterocycles. The molecule has 0 saturated carbocycles. The summed E-state index contributed by atoms with van der Waals surface area (Å²) < 4.78 is 2.46. The SMILES string of the molecule is C/C=C(\C)c1ccc2c(-c3ccc(-c4ccc5c(c4)c4cc(C(C)(C)C)ccc4n5CC)cc3)c3cc(C(C)(C)CC)ccc3c(-c3ccc(-c4ccccc4)cc3)c2c1. The Balaban J connectivity index is 1.25. The van der Waals surface area contributed by atoms with E-state index in [2.05, 4.69) is 225 Å². The molecule has 9 aromatic rings. The molecule has 0 N–H and O–H groups in total. The lowest BCUT2D eigenvalue weighted by Crippen LogP contribution is -2.15. The third-order valence-corrected chi connectivity index (χ3v) is 13.5. The Labute approximate surface area is 357 Å². The van der Waals surface area contributed by atoms with E-state index in [1.54, 1.807) is 0 Å². The molecule has 0 saturated heterocycles. The number of hydrogen-bond acceptors (Lipinski definition) is 0. The maximum Gasteiger partial charge on any atom is 0.0491 e. The second-order valence-corrected chi connectivity index (χ2v) is 18.5. The Morgan fingerprint density at radius 2 is 0.950 bits per heavy atom. The molecule has 60 heavy (non-hydrogen) atoms. The molecule has 0 aliphatic carbocycles. The zero-order valence-electron chi connectivity index (χ0n) is 36.9. The molecule has 298 valence electrons. The van der Waals surface area contributed by atoms with Crippen LogP contribution < -0.4 is 0 Å². The van der Waals surface area contributed by atoms with Crippen molar-refractivity contribution in [3.8, 4) is 44.5 Å². The van der Waals surface area contributed by atoms with Crippen LogP contribution >= 0.6 is 0 Å². The molecule has 0 bridgehead atoms. The van der Waals surface area contributed by atoms with E-state index in [9.17, 15) is 0 Å². The largest absolute Gasteiger partial charge is 0.341 e. The summed E-state index contributed by atoms with van der Waals surface area (Å²) in [5.74, 6) is 0. The summed E-state index contributed by atoms with van der Waals surface area (Å²) in [5, 5.41) is 7.80. The maximum absolute atomic E-state index is 2.50. The highest BCUT2D eigenvalue weighted by Crippen LogP contribution is 2.47. The quantitative estimate of drug-likeness (QED) is 0.135. The topological polar surface area (TPSA) is 4.93 Å². The lowest BCUT2D eigenvalue weighted by Gasteiger charge is -2.26. The molecule has 0 spiro atoms. The van der Waals surface area contributed by atoms with Gasteiger partial charge in [-0.1, -0.05) is 163 Å². The van der Waals surface area contributed by atoms with Crippen molar-refractivity contribution < 1.29 is 0 Å². The number of hydrogen-bond donors (Lipinski definition) is 0. The molecular weight excluding hydrogens is 723 g/mol. The number of allylic oxidation sites excluding steroid dienone is 2. The van der Waals surface area contributed by atoms with Gasteiger partial charge in [-0.3, -0.25) is 0 Å². The highest BCUT2D eigenvalue weighted by molar-refractivity contribution is 6.22. The van der Waals surface area contributed by atoms with Crippen molar-refractivity contribution in [2.24, 2.45) is 0 Å². The van der Waals surface area contributed by atoms with Gasteiger partial charge in [-0.15, -0.1) is 0 Å². The van der Waals surface area contributed by atoms with E-state index in [0.717, 1.165) is 13.0 Å². The van der Waals surface area contributed by atoms with Gasteiger partial charge in [0.1, 0.15) is 0 Å². The first-order valence-corrected chi connectivity index (χ1v) is 21.9. The van der Waals surface area contributed by atoms with Crippen molar-refractivity contribution in [3.63, 3.8) is 0 Å². The van der Waals surface area contributed by atoms with Gasteiger partial charge in [-0.05, 0) is 163 Å². The minimum absolute atomic E-state index is 0.0435. The van der Waals surface area contributed by atoms with E-state index in [-0.39, 0.29) is 10.8 Å². The Hall–Kier alpha value is -6.18. The molecule has 1 nitrogen and oxygen atoms in total. The van der Waals surface area contributed by atoms with Crippen LogP contribution in [0.5, 0.6) is 0 Å². The van der Waals surface area contributed by atoms with Crippen molar-refractivity contribution in [1.29, 1.82) is 0 Å². The van der Waals surface area contributed by atoms with Crippen LogP contribution in [0.1, 0.15) is 85.4 Å². The Bertz CT molecular complexity index is 3090. The lowest BCUT2D eigenvalue weighted by atomic mass is 9.78. The molecule has 0 aliphatic heterocycles. The average molecular weight is 780 g/mol. The molecule has 0 radical (unpaired) electrons. The van der Waals surface area contributed by atoms with Gasteiger partial charge in [-0.25, -0.2) is 0 Å². The Morgan fingerprint density at radius 3 is 1.53 bits per heavy atom. The molecule has 0 unspecified atom stereocenters. The predicted molar refractivity (Wildman–Crippen MR) is 263 cm³/mol. The van der Waals surface area contributed by atoms with Gasteiger partial charge < -0.3 is 4.57 Å². The molecule has 1 heterocycles. The maximum atomic E-state index is 2.50. The Kier molecular flexibility index (Phi) is 9.91.